The minimum atomic E-state index is -1.61. The molecule has 1 fully saturated rings. The van der Waals surface area contributed by atoms with Gasteiger partial charge in [-0.2, -0.15) is 0 Å². The lowest BCUT2D eigenvalue weighted by Gasteiger charge is -2.39. The van der Waals surface area contributed by atoms with Gasteiger partial charge in [0.05, 0.1) is 22.5 Å². The van der Waals surface area contributed by atoms with Crippen molar-refractivity contribution in [2.75, 3.05) is 6.61 Å². The van der Waals surface area contributed by atoms with Gasteiger partial charge in [0, 0.05) is 23.8 Å². The third-order valence-corrected chi connectivity index (χ3v) is 5.65. The smallest absolute Gasteiger partial charge is 0.269 e. The number of ketones is 1. The number of hydrogen-bond donors (Lipinski definition) is 4. The molecule has 188 valence electrons. The zero-order valence-corrected chi connectivity index (χ0v) is 18.5. The number of aliphatic hydroxyl groups is 4. The number of allylic oxidation sites excluding steroid dienone is 1. The van der Waals surface area contributed by atoms with E-state index in [2.05, 4.69) is 0 Å². The third kappa shape index (κ3) is 5.03. The fourth-order valence-corrected chi connectivity index (χ4v) is 3.62. The second kappa shape index (κ2) is 10.4. The molecule has 12 nitrogen and oxygen atoms in total. The molecule has 12 heteroatoms. The van der Waals surface area contributed by atoms with E-state index < -0.39 is 53.4 Å². The largest absolute Gasteiger partial charge is 0.463 e. The van der Waals surface area contributed by atoms with Gasteiger partial charge in [-0.05, 0) is 36.4 Å². The van der Waals surface area contributed by atoms with E-state index in [9.17, 15) is 40.1 Å². The van der Waals surface area contributed by atoms with Crippen LogP contribution < -0.4 is 10.2 Å². The predicted octanol–water partition coefficient (Wildman–Crippen LogP) is 0.776. The Morgan fingerprint density at radius 1 is 1.08 bits per heavy atom. The van der Waals surface area contributed by atoms with Crippen LogP contribution in [0.25, 0.3) is 17.0 Å². The van der Waals surface area contributed by atoms with Crippen molar-refractivity contribution in [3.05, 3.63) is 86.3 Å². The van der Waals surface area contributed by atoms with E-state index in [0.717, 1.165) is 12.3 Å². The summed E-state index contributed by atoms with van der Waals surface area (Å²) in [5, 5.41) is 50.1. The molecule has 0 aliphatic carbocycles. The number of rotatable bonds is 7. The number of benzene rings is 2. The van der Waals surface area contributed by atoms with Crippen molar-refractivity contribution in [3.63, 3.8) is 0 Å². The van der Waals surface area contributed by atoms with E-state index in [1.54, 1.807) is 0 Å². The third-order valence-electron chi connectivity index (χ3n) is 5.65. The summed E-state index contributed by atoms with van der Waals surface area (Å²) in [5.41, 5.74) is -0.178. The molecule has 1 aliphatic heterocycles. The number of fused-ring (bicyclic) bond motifs is 1. The van der Waals surface area contributed by atoms with Crippen LogP contribution in [-0.4, -0.2) is 68.4 Å². The summed E-state index contributed by atoms with van der Waals surface area (Å²) >= 11 is 0. The molecule has 4 N–H and O–H groups in total. The lowest BCUT2D eigenvalue weighted by Crippen LogP contribution is -2.60. The first-order valence-corrected chi connectivity index (χ1v) is 10.7. The van der Waals surface area contributed by atoms with Gasteiger partial charge in [0.1, 0.15) is 42.0 Å². The number of carbonyl (C=O) groups excluding carboxylic acids is 1. The van der Waals surface area contributed by atoms with Crippen molar-refractivity contribution in [2.45, 2.75) is 30.7 Å². The second-order valence-electron chi connectivity index (χ2n) is 7.99. The summed E-state index contributed by atoms with van der Waals surface area (Å²) in [6, 6.07) is 9.18. The molecule has 5 atom stereocenters. The molecule has 2 aromatic carbocycles. The Balaban J connectivity index is 1.51. The SMILES string of the molecule is O=C(/C=C/c1coc2cc(O[C@@H]3O[C@H](CO)[C@@H](O)[C@H](O)[C@H]3O)ccc2c1=O)c1ccc([N+](=O)[O-])cc1. The molecule has 0 unspecified atom stereocenters. The molecule has 0 amide bonds. The van der Waals surface area contributed by atoms with Crippen molar-refractivity contribution in [3.8, 4) is 5.75 Å². The van der Waals surface area contributed by atoms with Gasteiger partial charge in [-0.1, -0.05) is 0 Å². The molecule has 3 aromatic rings. The van der Waals surface area contributed by atoms with Crippen LogP contribution in [0.2, 0.25) is 0 Å². The average Bonchev–Trinajstić information content (AvgIpc) is 2.88. The minimum Gasteiger partial charge on any atom is -0.463 e. The van der Waals surface area contributed by atoms with Crippen LogP contribution in [0.5, 0.6) is 5.75 Å². The summed E-state index contributed by atoms with van der Waals surface area (Å²) in [5.74, 6) is -0.348. The maximum absolute atomic E-state index is 12.8. The van der Waals surface area contributed by atoms with Gasteiger partial charge in [0.2, 0.25) is 6.29 Å². The van der Waals surface area contributed by atoms with E-state index in [-0.39, 0.29) is 33.5 Å². The first kappa shape index (κ1) is 25.2. The number of ether oxygens (including phenoxy) is 2. The van der Waals surface area contributed by atoms with Gasteiger partial charge in [0.15, 0.2) is 11.2 Å². The highest BCUT2D eigenvalue weighted by molar-refractivity contribution is 6.07. The van der Waals surface area contributed by atoms with Crippen LogP contribution in [0.4, 0.5) is 5.69 Å². The van der Waals surface area contributed by atoms with Crippen LogP contribution in [0.1, 0.15) is 15.9 Å². The highest BCUT2D eigenvalue weighted by Gasteiger charge is 2.44. The zero-order chi connectivity index (χ0) is 26.0. The Labute approximate surface area is 202 Å². The number of nitro benzene ring substituents is 1. The van der Waals surface area contributed by atoms with Gasteiger partial charge in [-0.3, -0.25) is 19.7 Å². The van der Waals surface area contributed by atoms with Crippen LogP contribution in [0.3, 0.4) is 0 Å². The van der Waals surface area contributed by atoms with E-state index >= 15 is 0 Å². The van der Waals surface area contributed by atoms with Crippen LogP contribution in [0, 0.1) is 10.1 Å². The predicted molar refractivity (Wildman–Crippen MR) is 123 cm³/mol. The standard InChI is InChI=1S/C24H21NO11/c26-10-19-21(29)22(30)23(31)24(36-19)35-15-6-7-16-18(9-15)34-11-13(20(16)28)3-8-17(27)12-1-4-14(5-2-12)25(32)33/h1-9,11,19,21-24,26,29-31H,10H2/b8-3+/t19-,21-,22+,23-,24-/m1/s1. The van der Waals surface area contributed by atoms with Gasteiger partial charge >= 0.3 is 0 Å². The molecule has 1 saturated heterocycles. The number of aliphatic hydroxyl groups excluding tert-OH is 4. The summed E-state index contributed by atoms with van der Waals surface area (Å²) in [6.45, 7) is -0.611. The summed E-state index contributed by atoms with van der Waals surface area (Å²) in [7, 11) is 0. The number of hydrogen-bond acceptors (Lipinski definition) is 11. The van der Waals surface area contributed by atoms with E-state index in [4.69, 9.17) is 13.9 Å². The second-order valence-corrected chi connectivity index (χ2v) is 7.99. The van der Waals surface area contributed by atoms with Crippen LogP contribution >= 0.6 is 0 Å². The number of non-ortho nitro benzene ring substituents is 1. The maximum Gasteiger partial charge on any atom is 0.269 e. The molecule has 0 saturated carbocycles. The molecule has 1 aromatic heterocycles. The normalized spacial score (nSPS) is 24.2. The highest BCUT2D eigenvalue weighted by Crippen LogP contribution is 2.26. The van der Waals surface area contributed by atoms with Gasteiger partial charge in [-0.25, -0.2) is 0 Å². The molecule has 0 spiro atoms. The van der Waals surface area contributed by atoms with Crippen molar-refractivity contribution in [2.24, 2.45) is 0 Å². The van der Waals surface area contributed by atoms with Gasteiger partial charge in [-0.15, -0.1) is 0 Å². The van der Waals surface area contributed by atoms with Crippen molar-refractivity contribution >= 4 is 28.5 Å². The van der Waals surface area contributed by atoms with Crippen LogP contribution in [-0.2, 0) is 4.74 Å². The average molecular weight is 499 g/mol. The topological polar surface area (TPSA) is 190 Å². The van der Waals surface area contributed by atoms with Crippen molar-refractivity contribution in [1.82, 2.24) is 0 Å². The number of carbonyl (C=O) groups is 1. The molecule has 36 heavy (non-hydrogen) atoms. The first-order valence-electron chi connectivity index (χ1n) is 10.7. The minimum absolute atomic E-state index is 0.0837. The van der Waals surface area contributed by atoms with E-state index in [1.807, 2.05) is 0 Å². The lowest BCUT2D eigenvalue weighted by atomic mass is 9.99. The van der Waals surface area contributed by atoms with E-state index in [0.29, 0.717) is 0 Å². The molecule has 0 radical (unpaired) electrons. The molecule has 1 aliphatic rings. The molecule has 2 heterocycles. The summed E-state index contributed by atoms with van der Waals surface area (Å²) in [4.78, 5) is 35.3. The molecular weight excluding hydrogens is 478 g/mol. The first-order chi connectivity index (χ1) is 17.2. The Morgan fingerprint density at radius 2 is 1.81 bits per heavy atom. The maximum atomic E-state index is 12.8. The van der Waals surface area contributed by atoms with Gasteiger partial charge in [0.25, 0.3) is 5.69 Å². The summed E-state index contributed by atoms with van der Waals surface area (Å²) in [6.07, 6.45) is -3.73. The van der Waals surface area contributed by atoms with Crippen LogP contribution in [0.15, 0.2) is 64.0 Å². The Kier molecular flexibility index (Phi) is 7.24. The zero-order valence-electron chi connectivity index (χ0n) is 18.5. The van der Waals surface area contributed by atoms with Crippen molar-refractivity contribution in [1.29, 1.82) is 0 Å². The lowest BCUT2D eigenvalue weighted by molar-refractivity contribution is -0.384. The fourth-order valence-electron chi connectivity index (χ4n) is 3.62. The molecule has 4 rings (SSSR count). The fraction of sp³-hybridized carbons (Fsp3) is 0.250. The van der Waals surface area contributed by atoms with Crippen molar-refractivity contribution < 1.29 is 44.0 Å². The quantitative estimate of drug-likeness (QED) is 0.155. The highest BCUT2D eigenvalue weighted by atomic mass is 16.7. The Bertz CT molecular complexity index is 1360. The Morgan fingerprint density at radius 3 is 2.47 bits per heavy atom. The van der Waals surface area contributed by atoms with Gasteiger partial charge < -0.3 is 34.3 Å². The number of nitro groups is 1. The molecule has 0 bridgehead atoms. The molecular formula is C24H21NO11. The summed E-state index contributed by atoms with van der Waals surface area (Å²) < 4.78 is 16.3. The number of nitrogens with zero attached hydrogens (tertiary/aromatic N) is 1. The Hall–Kier alpha value is -3.94. The monoisotopic (exact) mass is 499 g/mol. The van der Waals surface area contributed by atoms with E-state index in [1.165, 1.54) is 48.5 Å².